The molecule has 0 spiro atoms. The van der Waals surface area contributed by atoms with Crippen molar-refractivity contribution in [3.05, 3.63) is 77.4 Å². The maximum absolute atomic E-state index is 13.7. The molecule has 2 N–H and O–H groups in total. The van der Waals surface area contributed by atoms with Crippen LogP contribution in [0.1, 0.15) is 24.5 Å². The molecule has 190 valence electrons. The molecule has 0 saturated heterocycles. The average molecular weight is 502 g/mol. The van der Waals surface area contributed by atoms with Gasteiger partial charge in [-0.15, -0.1) is 5.10 Å². The molecule has 10 heteroatoms. The molecule has 1 aliphatic rings. The summed E-state index contributed by atoms with van der Waals surface area (Å²) in [7, 11) is 4.73. The highest BCUT2D eigenvalue weighted by Crippen LogP contribution is 2.38. The number of amides is 1. The van der Waals surface area contributed by atoms with Gasteiger partial charge in [0.2, 0.25) is 5.95 Å². The van der Waals surface area contributed by atoms with Gasteiger partial charge < -0.3 is 29.3 Å². The van der Waals surface area contributed by atoms with Gasteiger partial charge in [-0.3, -0.25) is 4.79 Å². The predicted octanol–water partition coefficient (Wildman–Crippen LogP) is 4.80. The SMILES string of the molecule is COc1cc(OC)cc(-c2nc3n(n2)C(c2ccc(C)o2)C(C(=O)Nc2ccccc2OC)=C(C)N3)c1. The average Bonchev–Trinajstić information content (AvgIpc) is 3.53. The Kier molecular flexibility index (Phi) is 6.31. The van der Waals surface area contributed by atoms with Gasteiger partial charge in [-0.2, -0.15) is 4.98 Å². The van der Waals surface area contributed by atoms with Crippen LogP contribution in [0.15, 0.2) is 70.3 Å². The maximum Gasteiger partial charge on any atom is 0.256 e. The Morgan fingerprint density at radius 2 is 1.73 bits per heavy atom. The summed E-state index contributed by atoms with van der Waals surface area (Å²) in [6.45, 7) is 3.68. The van der Waals surface area contributed by atoms with Gasteiger partial charge in [-0.05, 0) is 50.2 Å². The zero-order valence-corrected chi connectivity index (χ0v) is 21.2. The van der Waals surface area contributed by atoms with Crippen molar-refractivity contribution < 1.29 is 23.4 Å². The molecule has 2 aromatic carbocycles. The molecule has 0 bridgehead atoms. The van der Waals surface area contributed by atoms with Crippen LogP contribution in [0.25, 0.3) is 11.4 Å². The van der Waals surface area contributed by atoms with Crippen LogP contribution in [0.2, 0.25) is 0 Å². The summed E-state index contributed by atoms with van der Waals surface area (Å²) in [6.07, 6.45) is 0. The maximum atomic E-state index is 13.7. The number of fused-ring (bicyclic) bond motifs is 1. The van der Waals surface area contributed by atoms with E-state index in [0.29, 0.717) is 57.3 Å². The number of rotatable bonds is 7. The second-order valence-electron chi connectivity index (χ2n) is 8.47. The van der Waals surface area contributed by atoms with Crippen molar-refractivity contribution in [3.8, 4) is 28.6 Å². The third kappa shape index (κ3) is 4.49. The number of aromatic nitrogens is 3. The Morgan fingerprint density at radius 1 is 1.00 bits per heavy atom. The number of furan rings is 1. The van der Waals surface area contributed by atoms with E-state index in [1.165, 1.54) is 0 Å². The zero-order chi connectivity index (χ0) is 26.1. The minimum absolute atomic E-state index is 0.320. The Labute approximate surface area is 213 Å². The van der Waals surface area contributed by atoms with Crippen LogP contribution in [-0.2, 0) is 4.79 Å². The van der Waals surface area contributed by atoms with Crippen LogP contribution in [-0.4, -0.2) is 42.0 Å². The molecule has 3 heterocycles. The van der Waals surface area contributed by atoms with Gasteiger partial charge in [-0.1, -0.05) is 12.1 Å². The molecule has 0 saturated carbocycles. The summed E-state index contributed by atoms with van der Waals surface area (Å²) in [6, 6.07) is 15.7. The van der Waals surface area contributed by atoms with Crippen molar-refractivity contribution in [1.29, 1.82) is 0 Å². The molecule has 4 aromatic rings. The molecule has 1 amide bonds. The van der Waals surface area contributed by atoms with Crippen LogP contribution in [0.3, 0.4) is 0 Å². The van der Waals surface area contributed by atoms with Crippen LogP contribution in [0.5, 0.6) is 17.2 Å². The predicted molar refractivity (Wildman–Crippen MR) is 138 cm³/mol. The van der Waals surface area contributed by atoms with E-state index in [0.717, 1.165) is 5.76 Å². The Balaban J connectivity index is 1.59. The molecule has 5 rings (SSSR count). The van der Waals surface area contributed by atoms with Crippen molar-refractivity contribution in [3.63, 3.8) is 0 Å². The normalized spacial score (nSPS) is 14.6. The number of anilines is 2. The molecule has 1 unspecified atom stereocenters. The summed E-state index contributed by atoms with van der Waals surface area (Å²) >= 11 is 0. The molecule has 37 heavy (non-hydrogen) atoms. The number of carbonyl (C=O) groups is 1. The second kappa shape index (κ2) is 9.73. The zero-order valence-electron chi connectivity index (χ0n) is 21.2. The van der Waals surface area contributed by atoms with E-state index in [1.54, 1.807) is 44.2 Å². The third-order valence-corrected chi connectivity index (χ3v) is 6.09. The number of methoxy groups -OCH3 is 3. The van der Waals surface area contributed by atoms with Gasteiger partial charge >= 0.3 is 0 Å². The molecule has 0 fully saturated rings. The molecule has 10 nitrogen and oxygen atoms in total. The molecule has 1 aliphatic heterocycles. The van der Waals surface area contributed by atoms with Crippen LogP contribution in [0, 0.1) is 6.92 Å². The lowest BCUT2D eigenvalue weighted by atomic mass is 10.00. The number of benzene rings is 2. The van der Waals surface area contributed by atoms with Gasteiger partial charge in [0.1, 0.15) is 34.8 Å². The van der Waals surface area contributed by atoms with Gasteiger partial charge in [0, 0.05) is 17.3 Å². The molecular formula is C27H27N5O5. The molecule has 2 aromatic heterocycles. The van der Waals surface area contributed by atoms with Gasteiger partial charge in [0.15, 0.2) is 5.82 Å². The number of ether oxygens (including phenoxy) is 3. The van der Waals surface area contributed by atoms with Crippen molar-refractivity contribution in [1.82, 2.24) is 14.8 Å². The van der Waals surface area contributed by atoms with Crippen molar-refractivity contribution in [2.24, 2.45) is 0 Å². The van der Waals surface area contributed by atoms with Gasteiger partial charge in [-0.25, -0.2) is 4.68 Å². The number of para-hydroxylation sites is 2. The lowest BCUT2D eigenvalue weighted by molar-refractivity contribution is -0.113. The number of nitrogens with one attached hydrogen (secondary N) is 2. The van der Waals surface area contributed by atoms with E-state index in [2.05, 4.69) is 10.6 Å². The number of hydrogen-bond donors (Lipinski definition) is 2. The first-order valence-electron chi connectivity index (χ1n) is 11.6. The lowest BCUT2D eigenvalue weighted by Gasteiger charge is -2.27. The number of hydrogen-bond acceptors (Lipinski definition) is 8. The highest BCUT2D eigenvalue weighted by atomic mass is 16.5. The van der Waals surface area contributed by atoms with Crippen LogP contribution < -0.4 is 24.8 Å². The third-order valence-electron chi connectivity index (χ3n) is 6.09. The lowest BCUT2D eigenvalue weighted by Crippen LogP contribution is -2.31. The van der Waals surface area contributed by atoms with E-state index in [4.69, 9.17) is 28.7 Å². The largest absolute Gasteiger partial charge is 0.497 e. The van der Waals surface area contributed by atoms with E-state index >= 15 is 0 Å². The van der Waals surface area contributed by atoms with E-state index in [-0.39, 0.29) is 5.91 Å². The smallest absolute Gasteiger partial charge is 0.256 e. The monoisotopic (exact) mass is 501 g/mol. The van der Waals surface area contributed by atoms with Crippen molar-refractivity contribution in [2.45, 2.75) is 19.9 Å². The molecule has 1 atom stereocenters. The minimum Gasteiger partial charge on any atom is -0.497 e. The summed E-state index contributed by atoms with van der Waals surface area (Å²) < 4.78 is 23.9. The van der Waals surface area contributed by atoms with Gasteiger partial charge in [0.25, 0.3) is 5.91 Å². The Morgan fingerprint density at radius 3 is 2.38 bits per heavy atom. The van der Waals surface area contributed by atoms with Gasteiger partial charge in [0.05, 0.1) is 32.6 Å². The minimum atomic E-state index is -0.659. The summed E-state index contributed by atoms with van der Waals surface area (Å²) in [5, 5.41) is 11.0. The fourth-order valence-corrected chi connectivity index (χ4v) is 4.30. The Hall–Kier alpha value is -4.73. The quantitative estimate of drug-likeness (QED) is 0.371. The molecular weight excluding hydrogens is 474 g/mol. The second-order valence-corrected chi connectivity index (χ2v) is 8.47. The van der Waals surface area contributed by atoms with Crippen LogP contribution >= 0.6 is 0 Å². The Bertz CT molecular complexity index is 1480. The summed E-state index contributed by atoms with van der Waals surface area (Å²) in [4.78, 5) is 18.4. The standard InChI is InChI=1S/C27H27N5O5/c1-15-10-11-22(37-15)24-23(26(33)29-20-8-6-7-9-21(20)36-5)16(2)28-27-30-25(31-32(24)27)17-12-18(34-3)14-19(13-17)35-4/h6-14,24H,1-5H3,(H,29,33)(H,28,30,31). The summed E-state index contributed by atoms with van der Waals surface area (Å²) in [5.74, 6) is 3.64. The first-order chi connectivity index (χ1) is 17.9. The first-order valence-corrected chi connectivity index (χ1v) is 11.6. The number of allylic oxidation sites excluding steroid dienone is 1. The number of aryl methyl sites for hydroxylation is 1. The van der Waals surface area contributed by atoms with E-state index in [9.17, 15) is 4.79 Å². The fourth-order valence-electron chi connectivity index (χ4n) is 4.30. The highest BCUT2D eigenvalue weighted by Gasteiger charge is 2.36. The van der Waals surface area contributed by atoms with Crippen molar-refractivity contribution in [2.75, 3.05) is 32.0 Å². The topological polar surface area (TPSA) is 113 Å². The van der Waals surface area contributed by atoms with Crippen molar-refractivity contribution >= 4 is 17.5 Å². The molecule has 0 radical (unpaired) electrons. The highest BCUT2D eigenvalue weighted by molar-refractivity contribution is 6.06. The van der Waals surface area contributed by atoms with E-state index < -0.39 is 6.04 Å². The van der Waals surface area contributed by atoms with E-state index in [1.807, 2.05) is 50.2 Å². The van der Waals surface area contributed by atoms with Crippen LogP contribution in [0.4, 0.5) is 11.6 Å². The number of nitrogens with zero attached hydrogens (tertiary/aromatic N) is 3. The summed E-state index contributed by atoms with van der Waals surface area (Å²) in [5.41, 5.74) is 2.32. The fraction of sp³-hybridized carbons (Fsp3) is 0.222. The molecule has 0 aliphatic carbocycles. The first kappa shape index (κ1) is 24.0. The number of carbonyl (C=O) groups excluding carboxylic acids is 1.